The second-order valence-electron chi connectivity index (χ2n) is 4.27. The summed E-state index contributed by atoms with van der Waals surface area (Å²) in [4.78, 5) is 0. The number of halogens is 2. The largest absolute Gasteiger partial charge is 0.323 e. The van der Waals surface area contributed by atoms with Gasteiger partial charge in [0.25, 0.3) is 0 Å². The van der Waals surface area contributed by atoms with Crippen LogP contribution in [0.3, 0.4) is 0 Å². The van der Waals surface area contributed by atoms with E-state index in [1.54, 1.807) is 12.1 Å². The first-order valence-corrected chi connectivity index (χ1v) is 5.96. The Morgan fingerprint density at radius 3 is 2.50 bits per heavy atom. The highest BCUT2D eigenvalue weighted by Crippen LogP contribution is 2.49. The van der Waals surface area contributed by atoms with Gasteiger partial charge in [0.05, 0.1) is 11.5 Å². The minimum atomic E-state index is -0.433. The Hall–Kier alpha value is -0.750. The number of hydrogen-bond acceptors (Lipinski definition) is 2. The fourth-order valence-electron chi connectivity index (χ4n) is 2.10. The lowest BCUT2D eigenvalue weighted by atomic mass is 9.64. The fraction of sp³-hybridized carbons (Fsp3) is 0.417. The molecule has 1 aliphatic rings. The molecule has 0 aromatic heterocycles. The minimum absolute atomic E-state index is 0.323. The molecular weight excluding hydrogens is 243 g/mol. The summed E-state index contributed by atoms with van der Waals surface area (Å²) in [7, 11) is 0. The maximum atomic E-state index is 9.21. The molecule has 1 aliphatic carbocycles. The standard InChI is InChI=1S/C12H12Cl2N2/c13-8-2-3-9(10(14)6-8)11(16)12(7-15)4-1-5-12/h2-3,6,11H,1,4-5,16H2. The summed E-state index contributed by atoms with van der Waals surface area (Å²) in [6.45, 7) is 0. The molecule has 1 atom stereocenters. The van der Waals surface area contributed by atoms with Crippen LogP contribution in [0.5, 0.6) is 0 Å². The van der Waals surface area contributed by atoms with Gasteiger partial charge in [-0.1, -0.05) is 35.7 Å². The molecule has 1 unspecified atom stereocenters. The number of nitriles is 1. The highest BCUT2D eigenvalue weighted by atomic mass is 35.5. The number of rotatable bonds is 2. The Bertz CT molecular complexity index is 447. The van der Waals surface area contributed by atoms with E-state index in [9.17, 15) is 5.26 Å². The van der Waals surface area contributed by atoms with Gasteiger partial charge in [0.2, 0.25) is 0 Å². The topological polar surface area (TPSA) is 49.8 Å². The molecular formula is C12H12Cl2N2. The summed E-state index contributed by atoms with van der Waals surface area (Å²) in [6, 6.07) is 7.25. The molecule has 4 heteroatoms. The molecule has 84 valence electrons. The zero-order valence-corrected chi connectivity index (χ0v) is 10.2. The maximum Gasteiger partial charge on any atom is 0.0766 e. The Morgan fingerprint density at radius 2 is 2.06 bits per heavy atom. The van der Waals surface area contributed by atoms with Gasteiger partial charge in [-0.2, -0.15) is 5.26 Å². The summed E-state index contributed by atoms with van der Waals surface area (Å²) in [5.41, 5.74) is 6.53. The van der Waals surface area contributed by atoms with Gasteiger partial charge in [0.1, 0.15) is 0 Å². The lowest BCUT2D eigenvalue weighted by Gasteiger charge is -2.40. The molecule has 2 N–H and O–H groups in total. The highest BCUT2D eigenvalue weighted by molar-refractivity contribution is 6.35. The molecule has 1 aromatic rings. The number of hydrogen-bond donors (Lipinski definition) is 1. The van der Waals surface area contributed by atoms with E-state index in [0.717, 1.165) is 24.8 Å². The first-order chi connectivity index (χ1) is 7.59. The van der Waals surface area contributed by atoms with Crippen LogP contribution in [0, 0.1) is 16.7 Å². The molecule has 1 saturated carbocycles. The van der Waals surface area contributed by atoms with Crippen LogP contribution in [0.15, 0.2) is 18.2 Å². The maximum absolute atomic E-state index is 9.21. The third kappa shape index (κ3) is 1.80. The Morgan fingerprint density at radius 1 is 1.38 bits per heavy atom. The molecule has 1 fully saturated rings. The average molecular weight is 255 g/mol. The zero-order chi connectivity index (χ0) is 11.8. The van der Waals surface area contributed by atoms with Gasteiger partial charge in [-0.3, -0.25) is 0 Å². The van der Waals surface area contributed by atoms with E-state index in [4.69, 9.17) is 28.9 Å². The molecule has 16 heavy (non-hydrogen) atoms. The first kappa shape index (κ1) is 11.7. The van der Waals surface area contributed by atoms with E-state index < -0.39 is 5.41 Å². The average Bonchev–Trinajstić information content (AvgIpc) is 2.16. The van der Waals surface area contributed by atoms with E-state index in [1.165, 1.54) is 0 Å². The van der Waals surface area contributed by atoms with Crippen LogP contribution < -0.4 is 5.73 Å². The number of nitrogens with zero attached hydrogens (tertiary/aromatic N) is 1. The monoisotopic (exact) mass is 254 g/mol. The van der Waals surface area contributed by atoms with E-state index in [1.807, 2.05) is 6.07 Å². The summed E-state index contributed by atoms with van der Waals surface area (Å²) < 4.78 is 0. The summed E-state index contributed by atoms with van der Waals surface area (Å²) >= 11 is 11.9. The normalized spacial score (nSPS) is 19.6. The Labute approximate surface area is 105 Å². The van der Waals surface area contributed by atoms with Crippen molar-refractivity contribution in [2.45, 2.75) is 25.3 Å². The van der Waals surface area contributed by atoms with Crippen LogP contribution in [0.25, 0.3) is 0 Å². The van der Waals surface area contributed by atoms with Gasteiger partial charge in [0, 0.05) is 16.1 Å². The van der Waals surface area contributed by atoms with Crippen molar-refractivity contribution in [2.75, 3.05) is 0 Å². The lowest BCUT2D eigenvalue weighted by molar-refractivity contribution is 0.169. The Balaban J connectivity index is 2.34. The first-order valence-electron chi connectivity index (χ1n) is 5.21. The molecule has 0 bridgehead atoms. The van der Waals surface area contributed by atoms with Crippen molar-refractivity contribution in [3.05, 3.63) is 33.8 Å². The van der Waals surface area contributed by atoms with Crippen LogP contribution in [0.2, 0.25) is 10.0 Å². The highest BCUT2D eigenvalue weighted by Gasteiger charge is 2.44. The van der Waals surface area contributed by atoms with Gasteiger partial charge < -0.3 is 5.73 Å². The molecule has 0 spiro atoms. The molecule has 0 radical (unpaired) electrons. The van der Waals surface area contributed by atoms with Gasteiger partial charge in [-0.15, -0.1) is 0 Å². The van der Waals surface area contributed by atoms with Crippen LogP contribution in [-0.4, -0.2) is 0 Å². The van der Waals surface area contributed by atoms with Crippen molar-refractivity contribution in [1.29, 1.82) is 5.26 Å². The predicted molar refractivity (Wildman–Crippen MR) is 65.3 cm³/mol. The van der Waals surface area contributed by atoms with Crippen LogP contribution >= 0.6 is 23.2 Å². The fourth-order valence-corrected chi connectivity index (χ4v) is 2.63. The van der Waals surface area contributed by atoms with Gasteiger partial charge in [-0.25, -0.2) is 0 Å². The second kappa shape index (κ2) is 4.25. The molecule has 2 rings (SSSR count). The molecule has 0 amide bonds. The molecule has 0 aliphatic heterocycles. The summed E-state index contributed by atoms with van der Waals surface area (Å²) in [5.74, 6) is 0. The van der Waals surface area contributed by atoms with Gasteiger partial charge in [-0.05, 0) is 30.5 Å². The second-order valence-corrected chi connectivity index (χ2v) is 5.11. The van der Waals surface area contributed by atoms with Crippen molar-refractivity contribution in [2.24, 2.45) is 11.1 Å². The summed E-state index contributed by atoms with van der Waals surface area (Å²) in [6.07, 6.45) is 2.76. The van der Waals surface area contributed by atoms with Crippen molar-refractivity contribution >= 4 is 23.2 Å². The Kier molecular flexibility index (Phi) is 3.12. The third-order valence-electron chi connectivity index (χ3n) is 3.36. The van der Waals surface area contributed by atoms with Gasteiger partial charge >= 0.3 is 0 Å². The number of benzene rings is 1. The molecule has 2 nitrogen and oxygen atoms in total. The minimum Gasteiger partial charge on any atom is -0.323 e. The predicted octanol–water partition coefficient (Wildman–Crippen LogP) is 3.69. The molecule has 0 saturated heterocycles. The summed E-state index contributed by atoms with van der Waals surface area (Å²) in [5, 5.41) is 10.3. The number of nitrogens with two attached hydrogens (primary N) is 1. The zero-order valence-electron chi connectivity index (χ0n) is 8.71. The van der Waals surface area contributed by atoms with Crippen molar-refractivity contribution in [3.8, 4) is 6.07 Å². The van der Waals surface area contributed by atoms with Crippen molar-refractivity contribution in [1.82, 2.24) is 0 Å². The van der Waals surface area contributed by atoms with Crippen LogP contribution in [-0.2, 0) is 0 Å². The van der Waals surface area contributed by atoms with E-state index in [0.29, 0.717) is 10.0 Å². The smallest absolute Gasteiger partial charge is 0.0766 e. The SMILES string of the molecule is N#CC1(C(N)c2ccc(Cl)cc2Cl)CCC1. The van der Waals surface area contributed by atoms with Crippen molar-refractivity contribution < 1.29 is 0 Å². The van der Waals surface area contributed by atoms with Gasteiger partial charge in [0.15, 0.2) is 0 Å². The lowest BCUT2D eigenvalue weighted by Crippen LogP contribution is -2.39. The van der Waals surface area contributed by atoms with E-state index in [-0.39, 0.29) is 6.04 Å². The molecule has 1 aromatic carbocycles. The van der Waals surface area contributed by atoms with Crippen LogP contribution in [0.1, 0.15) is 30.9 Å². The van der Waals surface area contributed by atoms with Crippen LogP contribution in [0.4, 0.5) is 0 Å². The van der Waals surface area contributed by atoms with Crippen molar-refractivity contribution in [3.63, 3.8) is 0 Å². The molecule has 0 heterocycles. The quantitative estimate of drug-likeness (QED) is 0.876. The van der Waals surface area contributed by atoms with E-state index >= 15 is 0 Å². The van der Waals surface area contributed by atoms with E-state index in [2.05, 4.69) is 6.07 Å². The third-order valence-corrected chi connectivity index (χ3v) is 3.92.